The van der Waals surface area contributed by atoms with Crippen molar-refractivity contribution in [1.29, 1.82) is 0 Å². The minimum Gasteiger partial charge on any atom is -0.453 e. The van der Waals surface area contributed by atoms with E-state index in [0.29, 0.717) is 37.6 Å². The zero-order valence-electron chi connectivity index (χ0n) is 14.2. The van der Waals surface area contributed by atoms with Crippen LogP contribution in [-0.4, -0.2) is 14.9 Å². The number of aromatic amines is 1. The molecule has 3 heterocycles. The SMILES string of the molecule is Cc1sc2nc(-c3ccc(-c4ccc([N+](=O)[O-])cc4Br)o3)[nH]c(=O)c2c1C. The predicted molar refractivity (Wildman–Crippen MR) is 107 cm³/mol. The Morgan fingerprint density at radius 1 is 1.22 bits per heavy atom. The number of halogens is 1. The number of fused-ring (bicyclic) bond motifs is 1. The average Bonchev–Trinajstić information content (AvgIpc) is 3.20. The normalized spacial score (nSPS) is 11.2. The van der Waals surface area contributed by atoms with Gasteiger partial charge in [-0.25, -0.2) is 4.98 Å². The number of non-ortho nitro benzene ring substituents is 1. The van der Waals surface area contributed by atoms with Crippen molar-refractivity contribution in [2.75, 3.05) is 0 Å². The fourth-order valence-electron chi connectivity index (χ4n) is 2.80. The molecule has 4 rings (SSSR count). The van der Waals surface area contributed by atoms with Crippen LogP contribution in [-0.2, 0) is 0 Å². The maximum Gasteiger partial charge on any atom is 0.270 e. The van der Waals surface area contributed by atoms with E-state index in [1.54, 1.807) is 18.2 Å². The Kier molecular flexibility index (Phi) is 4.20. The topological polar surface area (TPSA) is 102 Å². The quantitative estimate of drug-likeness (QED) is 0.344. The number of thiophene rings is 1. The predicted octanol–water partition coefficient (Wildman–Crippen LogP) is 5.20. The number of nitrogens with one attached hydrogen (secondary N) is 1. The monoisotopic (exact) mass is 445 g/mol. The van der Waals surface area contributed by atoms with E-state index < -0.39 is 4.92 Å². The molecule has 0 atom stereocenters. The first-order valence-electron chi connectivity index (χ1n) is 7.89. The van der Waals surface area contributed by atoms with Crippen molar-refractivity contribution in [3.8, 4) is 22.9 Å². The van der Waals surface area contributed by atoms with Gasteiger partial charge in [0.15, 0.2) is 11.6 Å². The van der Waals surface area contributed by atoms with E-state index in [1.165, 1.54) is 23.5 Å². The van der Waals surface area contributed by atoms with Crippen LogP contribution in [0.2, 0.25) is 0 Å². The first-order chi connectivity index (χ1) is 12.8. The summed E-state index contributed by atoms with van der Waals surface area (Å²) in [6, 6.07) is 7.87. The number of nitrogens with zero attached hydrogens (tertiary/aromatic N) is 2. The van der Waals surface area contributed by atoms with E-state index in [0.717, 1.165) is 10.4 Å². The van der Waals surface area contributed by atoms with Gasteiger partial charge in [0.25, 0.3) is 11.2 Å². The van der Waals surface area contributed by atoms with E-state index in [2.05, 4.69) is 25.9 Å². The number of nitro groups is 1. The summed E-state index contributed by atoms with van der Waals surface area (Å²) < 4.78 is 6.39. The summed E-state index contributed by atoms with van der Waals surface area (Å²) in [5.41, 5.74) is 1.38. The molecule has 1 aromatic carbocycles. The highest BCUT2D eigenvalue weighted by Crippen LogP contribution is 2.34. The van der Waals surface area contributed by atoms with Gasteiger partial charge in [0.05, 0.1) is 10.3 Å². The van der Waals surface area contributed by atoms with Gasteiger partial charge in [-0.2, -0.15) is 0 Å². The van der Waals surface area contributed by atoms with Crippen molar-refractivity contribution in [3.05, 3.63) is 65.7 Å². The van der Waals surface area contributed by atoms with Crippen molar-refractivity contribution in [2.24, 2.45) is 0 Å². The Morgan fingerprint density at radius 2 is 1.96 bits per heavy atom. The van der Waals surface area contributed by atoms with Gasteiger partial charge >= 0.3 is 0 Å². The number of H-pyrrole nitrogens is 1. The first-order valence-corrected chi connectivity index (χ1v) is 9.50. The van der Waals surface area contributed by atoms with Gasteiger partial charge in [-0.3, -0.25) is 14.9 Å². The lowest BCUT2D eigenvalue weighted by atomic mass is 10.1. The van der Waals surface area contributed by atoms with Gasteiger partial charge in [-0.05, 0) is 53.5 Å². The van der Waals surface area contributed by atoms with Crippen LogP contribution >= 0.6 is 27.3 Å². The average molecular weight is 446 g/mol. The maximum absolute atomic E-state index is 12.4. The summed E-state index contributed by atoms with van der Waals surface area (Å²) >= 11 is 4.80. The Labute approximate surface area is 165 Å². The molecule has 0 fully saturated rings. The van der Waals surface area contributed by atoms with Crippen LogP contribution < -0.4 is 5.56 Å². The Morgan fingerprint density at radius 3 is 2.67 bits per heavy atom. The molecule has 27 heavy (non-hydrogen) atoms. The summed E-state index contributed by atoms with van der Waals surface area (Å²) in [5, 5.41) is 11.5. The second kappa shape index (κ2) is 6.43. The zero-order valence-corrected chi connectivity index (χ0v) is 16.6. The number of hydrogen-bond acceptors (Lipinski definition) is 6. The number of rotatable bonds is 3. The molecule has 0 spiro atoms. The van der Waals surface area contributed by atoms with Gasteiger partial charge in [-0.1, -0.05) is 0 Å². The molecule has 136 valence electrons. The van der Waals surface area contributed by atoms with Crippen molar-refractivity contribution in [1.82, 2.24) is 9.97 Å². The van der Waals surface area contributed by atoms with Crippen LogP contribution in [0.1, 0.15) is 10.4 Å². The molecule has 0 amide bonds. The fraction of sp³-hybridized carbons (Fsp3) is 0.111. The molecule has 4 aromatic rings. The highest BCUT2D eigenvalue weighted by atomic mass is 79.9. The molecule has 7 nitrogen and oxygen atoms in total. The molecule has 0 saturated heterocycles. The summed E-state index contributed by atoms with van der Waals surface area (Å²) in [4.78, 5) is 31.9. The standard InChI is InChI=1S/C18H12BrN3O4S/c1-8-9(2)27-18-15(8)17(23)20-16(21-18)14-6-5-13(26-14)11-4-3-10(22(24)25)7-12(11)19/h3-7H,1-2H3,(H,20,21,23). The zero-order chi connectivity index (χ0) is 19.3. The van der Waals surface area contributed by atoms with Crippen LogP contribution in [0.4, 0.5) is 5.69 Å². The molecular weight excluding hydrogens is 434 g/mol. The minimum absolute atomic E-state index is 0.0164. The molecule has 9 heteroatoms. The fourth-order valence-corrected chi connectivity index (χ4v) is 4.39. The number of benzene rings is 1. The Hall–Kier alpha value is -2.78. The lowest BCUT2D eigenvalue weighted by Gasteiger charge is -2.01. The first kappa shape index (κ1) is 17.6. The molecule has 0 aliphatic rings. The van der Waals surface area contributed by atoms with Crippen molar-refractivity contribution < 1.29 is 9.34 Å². The van der Waals surface area contributed by atoms with Crippen LogP contribution in [0.3, 0.4) is 0 Å². The highest BCUT2D eigenvalue weighted by Gasteiger charge is 2.17. The second-order valence-electron chi connectivity index (χ2n) is 5.96. The van der Waals surface area contributed by atoms with Gasteiger partial charge in [0.2, 0.25) is 0 Å². The summed E-state index contributed by atoms with van der Waals surface area (Å²) in [6.45, 7) is 3.86. The van der Waals surface area contributed by atoms with E-state index in [1.807, 2.05) is 13.8 Å². The number of furan rings is 1. The number of aromatic nitrogens is 2. The third-order valence-corrected chi connectivity index (χ3v) is 6.06. The largest absolute Gasteiger partial charge is 0.453 e. The van der Waals surface area contributed by atoms with E-state index in [-0.39, 0.29) is 11.2 Å². The van der Waals surface area contributed by atoms with Crippen LogP contribution in [0.5, 0.6) is 0 Å². The summed E-state index contributed by atoms with van der Waals surface area (Å²) in [7, 11) is 0. The van der Waals surface area contributed by atoms with Crippen molar-refractivity contribution in [3.63, 3.8) is 0 Å². The lowest BCUT2D eigenvalue weighted by Crippen LogP contribution is -2.08. The third-order valence-electron chi connectivity index (χ3n) is 4.31. The van der Waals surface area contributed by atoms with E-state index >= 15 is 0 Å². The molecule has 0 aliphatic carbocycles. The molecule has 0 unspecified atom stereocenters. The van der Waals surface area contributed by atoms with Crippen LogP contribution in [0.15, 0.2) is 44.0 Å². The Balaban J connectivity index is 1.78. The third kappa shape index (κ3) is 2.98. The Bertz CT molecular complexity index is 1270. The van der Waals surface area contributed by atoms with Crippen LogP contribution in [0, 0.1) is 24.0 Å². The number of aryl methyl sites for hydroxylation is 2. The van der Waals surface area contributed by atoms with Crippen molar-refractivity contribution in [2.45, 2.75) is 13.8 Å². The minimum atomic E-state index is -0.461. The molecule has 3 aromatic heterocycles. The van der Waals surface area contributed by atoms with Gasteiger partial charge in [0.1, 0.15) is 10.6 Å². The van der Waals surface area contributed by atoms with E-state index in [9.17, 15) is 14.9 Å². The molecule has 1 N–H and O–H groups in total. The van der Waals surface area contributed by atoms with Gasteiger partial charge in [-0.15, -0.1) is 11.3 Å². The highest BCUT2D eigenvalue weighted by molar-refractivity contribution is 9.10. The maximum atomic E-state index is 12.4. The molecule has 0 saturated carbocycles. The number of hydrogen-bond donors (Lipinski definition) is 1. The number of nitro benzene ring substituents is 1. The van der Waals surface area contributed by atoms with E-state index in [4.69, 9.17) is 4.42 Å². The molecule has 0 bridgehead atoms. The van der Waals surface area contributed by atoms with Crippen molar-refractivity contribution >= 4 is 43.2 Å². The van der Waals surface area contributed by atoms with Gasteiger partial charge < -0.3 is 9.40 Å². The second-order valence-corrected chi connectivity index (χ2v) is 8.02. The van der Waals surface area contributed by atoms with Crippen LogP contribution in [0.25, 0.3) is 33.1 Å². The molecule has 0 radical (unpaired) electrons. The lowest BCUT2D eigenvalue weighted by molar-refractivity contribution is -0.384. The summed E-state index contributed by atoms with van der Waals surface area (Å²) in [6.07, 6.45) is 0. The molecular formula is C18H12BrN3O4S. The smallest absolute Gasteiger partial charge is 0.270 e. The van der Waals surface area contributed by atoms with Gasteiger partial charge in [0, 0.05) is 27.0 Å². The molecule has 0 aliphatic heterocycles. The summed E-state index contributed by atoms with van der Waals surface area (Å²) in [5.74, 6) is 1.27.